The predicted octanol–water partition coefficient (Wildman–Crippen LogP) is 4.35. The fourth-order valence-electron chi connectivity index (χ4n) is 4.57. The second-order valence-electron chi connectivity index (χ2n) is 8.99. The van der Waals surface area contributed by atoms with Crippen LogP contribution in [0.1, 0.15) is 80.6 Å². The molecule has 1 saturated heterocycles. The van der Waals surface area contributed by atoms with Crippen LogP contribution in [0, 0.1) is 10.8 Å². The molecule has 0 aromatic carbocycles. The van der Waals surface area contributed by atoms with Gasteiger partial charge in [-0.1, -0.05) is 26.8 Å². The van der Waals surface area contributed by atoms with E-state index in [1.165, 1.54) is 0 Å². The van der Waals surface area contributed by atoms with Gasteiger partial charge >= 0.3 is 0 Å². The largest absolute Gasteiger partial charge is 0.338 e. The van der Waals surface area contributed by atoms with Gasteiger partial charge in [-0.05, 0) is 59.8 Å². The highest BCUT2D eigenvalue weighted by Crippen LogP contribution is 2.46. The van der Waals surface area contributed by atoms with Crippen LogP contribution < -0.4 is 0 Å². The Balaban J connectivity index is 2.37. The van der Waals surface area contributed by atoms with Crippen molar-refractivity contribution in [2.24, 2.45) is 10.8 Å². The summed E-state index contributed by atoms with van der Waals surface area (Å²) in [6.07, 6.45) is 8.10. The highest BCUT2D eigenvalue weighted by Gasteiger charge is 2.55. The maximum atomic E-state index is 13.4. The standard InChI is InChI=1S/C21H36N2O2/c1-8-21(9-2,10-3)18(25)22-15-13-20(7)16(22)12-11-14-23(17(20)24)19(4,5)6/h11,14,16H,8-10,12-13,15H2,1-7H3/t16-,20-/m1/s1. The Morgan fingerprint density at radius 2 is 1.76 bits per heavy atom. The first-order valence-electron chi connectivity index (χ1n) is 9.89. The molecule has 2 aliphatic rings. The molecule has 0 aromatic heterocycles. The maximum absolute atomic E-state index is 13.4. The summed E-state index contributed by atoms with van der Waals surface area (Å²) in [5.74, 6) is 0.406. The van der Waals surface area contributed by atoms with Crippen molar-refractivity contribution < 1.29 is 9.59 Å². The fraction of sp³-hybridized carbons (Fsp3) is 0.810. The van der Waals surface area contributed by atoms with E-state index in [0.29, 0.717) is 6.54 Å². The lowest BCUT2D eigenvalue weighted by molar-refractivity contribution is -0.148. The van der Waals surface area contributed by atoms with Crippen LogP contribution in [0.5, 0.6) is 0 Å². The number of fused-ring (bicyclic) bond motifs is 1. The van der Waals surface area contributed by atoms with E-state index in [2.05, 4.69) is 54.5 Å². The van der Waals surface area contributed by atoms with E-state index >= 15 is 0 Å². The Hall–Kier alpha value is -1.32. The highest BCUT2D eigenvalue weighted by atomic mass is 16.2. The molecule has 2 aliphatic heterocycles. The molecule has 0 aromatic rings. The van der Waals surface area contributed by atoms with Gasteiger partial charge in [0.2, 0.25) is 11.8 Å². The zero-order valence-electron chi connectivity index (χ0n) is 17.2. The van der Waals surface area contributed by atoms with Crippen molar-refractivity contribution in [2.75, 3.05) is 6.54 Å². The molecular weight excluding hydrogens is 312 g/mol. The zero-order valence-corrected chi connectivity index (χ0v) is 17.2. The predicted molar refractivity (Wildman–Crippen MR) is 102 cm³/mol. The van der Waals surface area contributed by atoms with Crippen LogP contribution in [0.2, 0.25) is 0 Å². The molecule has 1 fully saturated rings. The number of hydrogen-bond acceptors (Lipinski definition) is 2. The number of likely N-dealkylation sites (tertiary alicyclic amines) is 1. The second-order valence-corrected chi connectivity index (χ2v) is 8.99. The van der Waals surface area contributed by atoms with E-state index in [1.54, 1.807) is 0 Å². The zero-order chi connectivity index (χ0) is 19.0. The van der Waals surface area contributed by atoms with Crippen molar-refractivity contribution in [1.82, 2.24) is 9.80 Å². The Bertz CT molecular complexity index is 548. The van der Waals surface area contributed by atoms with Gasteiger partial charge in [0.25, 0.3) is 0 Å². The third kappa shape index (κ3) is 3.13. The van der Waals surface area contributed by atoms with E-state index in [1.807, 2.05) is 16.0 Å². The SMILES string of the molecule is CCC(CC)(CC)C(=O)N1CC[C@@]2(C)C(=O)N(C(C)(C)C)C=CC[C@@H]12. The summed E-state index contributed by atoms with van der Waals surface area (Å²) < 4.78 is 0. The lowest BCUT2D eigenvalue weighted by Crippen LogP contribution is -2.53. The highest BCUT2D eigenvalue weighted by molar-refractivity contribution is 5.89. The molecule has 0 bridgehead atoms. The maximum Gasteiger partial charge on any atom is 0.235 e. The van der Waals surface area contributed by atoms with E-state index in [0.717, 1.165) is 32.1 Å². The molecule has 0 spiro atoms. The van der Waals surface area contributed by atoms with Gasteiger partial charge in [0.1, 0.15) is 0 Å². The lowest BCUT2D eigenvalue weighted by atomic mass is 9.76. The molecule has 25 heavy (non-hydrogen) atoms. The Morgan fingerprint density at radius 3 is 2.24 bits per heavy atom. The molecule has 142 valence electrons. The van der Waals surface area contributed by atoms with Crippen LogP contribution in [-0.4, -0.2) is 39.7 Å². The number of carbonyl (C=O) groups is 2. The topological polar surface area (TPSA) is 40.6 Å². The Morgan fingerprint density at radius 1 is 1.20 bits per heavy atom. The summed E-state index contributed by atoms with van der Waals surface area (Å²) in [5, 5.41) is 0. The van der Waals surface area contributed by atoms with Gasteiger partial charge < -0.3 is 9.80 Å². The second kappa shape index (κ2) is 6.77. The smallest absolute Gasteiger partial charge is 0.235 e. The van der Waals surface area contributed by atoms with E-state index in [9.17, 15) is 9.59 Å². The number of amides is 2. The van der Waals surface area contributed by atoms with E-state index in [-0.39, 0.29) is 28.8 Å². The van der Waals surface area contributed by atoms with Gasteiger partial charge in [0, 0.05) is 29.7 Å². The monoisotopic (exact) mass is 348 g/mol. The summed E-state index contributed by atoms with van der Waals surface area (Å²) in [4.78, 5) is 30.7. The first-order valence-corrected chi connectivity index (χ1v) is 9.89. The Kier molecular flexibility index (Phi) is 5.42. The minimum atomic E-state index is -0.493. The van der Waals surface area contributed by atoms with Crippen molar-refractivity contribution in [1.29, 1.82) is 0 Å². The molecule has 4 nitrogen and oxygen atoms in total. The third-order valence-corrected chi connectivity index (χ3v) is 6.77. The van der Waals surface area contributed by atoms with Gasteiger partial charge in [0.15, 0.2) is 0 Å². The quantitative estimate of drug-likeness (QED) is 0.757. The van der Waals surface area contributed by atoms with Gasteiger partial charge in [-0.25, -0.2) is 0 Å². The van der Waals surface area contributed by atoms with Crippen LogP contribution >= 0.6 is 0 Å². The first kappa shape index (κ1) is 20.0. The average Bonchev–Trinajstić information content (AvgIpc) is 2.83. The molecule has 0 N–H and O–H groups in total. The van der Waals surface area contributed by atoms with Crippen molar-refractivity contribution in [3.05, 3.63) is 12.3 Å². The van der Waals surface area contributed by atoms with Crippen LogP contribution in [0.3, 0.4) is 0 Å². The van der Waals surface area contributed by atoms with Crippen LogP contribution in [0.15, 0.2) is 12.3 Å². The summed E-state index contributed by atoms with van der Waals surface area (Å²) >= 11 is 0. The van der Waals surface area contributed by atoms with Crippen molar-refractivity contribution in [3.63, 3.8) is 0 Å². The first-order chi connectivity index (χ1) is 11.6. The number of hydrogen-bond donors (Lipinski definition) is 0. The summed E-state index contributed by atoms with van der Waals surface area (Å²) in [7, 11) is 0. The van der Waals surface area contributed by atoms with Crippen molar-refractivity contribution in [2.45, 2.75) is 92.2 Å². The third-order valence-electron chi connectivity index (χ3n) is 6.77. The van der Waals surface area contributed by atoms with E-state index in [4.69, 9.17) is 0 Å². The fourth-order valence-corrected chi connectivity index (χ4v) is 4.57. The number of nitrogens with zero attached hydrogens (tertiary/aromatic N) is 2. The average molecular weight is 349 g/mol. The van der Waals surface area contributed by atoms with Gasteiger partial charge in [-0.15, -0.1) is 0 Å². The molecule has 0 saturated carbocycles. The molecule has 4 heteroatoms. The summed E-state index contributed by atoms with van der Waals surface area (Å²) in [6.45, 7) is 15.3. The molecule has 0 radical (unpaired) electrons. The molecule has 0 aliphatic carbocycles. The molecular formula is C21H36N2O2. The summed E-state index contributed by atoms with van der Waals surface area (Å²) in [5.41, 5.74) is -1.02. The van der Waals surface area contributed by atoms with Crippen LogP contribution in [-0.2, 0) is 9.59 Å². The lowest BCUT2D eigenvalue weighted by Gasteiger charge is -2.41. The van der Waals surface area contributed by atoms with E-state index < -0.39 is 5.41 Å². The Labute approximate surface area is 153 Å². The molecule has 2 rings (SSSR count). The van der Waals surface area contributed by atoms with Gasteiger partial charge in [-0.3, -0.25) is 9.59 Å². The summed E-state index contributed by atoms with van der Waals surface area (Å²) in [6, 6.07) is -0.0277. The minimum absolute atomic E-state index is 0.0277. The normalized spacial score (nSPS) is 27.5. The molecule has 0 unspecified atom stereocenters. The number of rotatable bonds is 4. The van der Waals surface area contributed by atoms with Crippen LogP contribution in [0.25, 0.3) is 0 Å². The van der Waals surface area contributed by atoms with Crippen LogP contribution in [0.4, 0.5) is 0 Å². The van der Waals surface area contributed by atoms with Crippen molar-refractivity contribution >= 4 is 11.8 Å². The van der Waals surface area contributed by atoms with Crippen molar-refractivity contribution in [3.8, 4) is 0 Å². The minimum Gasteiger partial charge on any atom is -0.338 e. The molecule has 2 amide bonds. The molecule has 2 atom stereocenters. The van der Waals surface area contributed by atoms with Gasteiger partial charge in [-0.2, -0.15) is 0 Å². The molecule has 2 heterocycles. The van der Waals surface area contributed by atoms with Gasteiger partial charge in [0.05, 0.1) is 5.41 Å². The number of carbonyl (C=O) groups excluding carboxylic acids is 2.